The van der Waals surface area contributed by atoms with Crippen molar-refractivity contribution in [3.8, 4) is 0 Å². The number of carbonyl (C=O) groups excluding carboxylic acids is 5. The molecule has 0 bridgehead atoms. The van der Waals surface area contributed by atoms with Gasteiger partial charge in [-0.3, -0.25) is 24.0 Å². The fourth-order valence-corrected chi connectivity index (χ4v) is 12.5. The molecule has 0 radical (unpaired) electrons. The molecule has 0 aliphatic carbocycles. The molecule has 4 aliphatic rings. The van der Waals surface area contributed by atoms with Crippen LogP contribution in [0.25, 0.3) is 0 Å². The number of nitrogens with one attached hydrogen (secondary N) is 1. The van der Waals surface area contributed by atoms with Gasteiger partial charge in [0, 0.05) is 34.6 Å². The van der Waals surface area contributed by atoms with E-state index in [1.165, 1.54) is 13.8 Å². The van der Waals surface area contributed by atoms with Crippen LogP contribution >= 0.6 is 0 Å². The van der Waals surface area contributed by atoms with Crippen LogP contribution in [-0.2, 0) is 144 Å². The number of aliphatic hydroxyl groups is 2. The molecule has 4 saturated heterocycles. The van der Waals surface area contributed by atoms with Crippen LogP contribution in [0.5, 0.6) is 0 Å². The molecule has 4 heterocycles. The Morgan fingerprint density at radius 1 is 0.356 bits per heavy atom. The van der Waals surface area contributed by atoms with Gasteiger partial charge in [0.05, 0.1) is 59.0 Å². The number of esters is 4. The molecule has 4 aliphatic heterocycles. The first kappa shape index (κ1) is 75.7. The van der Waals surface area contributed by atoms with Crippen molar-refractivity contribution >= 4 is 29.8 Å². The van der Waals surface area contributed by atoms with Crippen LogP contribution in [0.3, 0.4) is 0 Å². The highest BCUT2D eigenvalue weighted by molar-refractivity contribution is 5.73. The Balaban J connectivity index is 1.13. The van der Waals surface area contributed by atoms with Crippen molar-refractivity contribution in [2.45, 2.75) is 204 Å². The number of hydrogen-bond acceptors (Lipinski definition) is 24. The van der Waals surface area contributed by atoms with E-state index in [-0.39, 0.29) is 46.2 Å². The van der Waals surface area contributed by atoms with Crippen molar-refractivity contribution < 1.29 is 115 Å². The molecule has 0 unspecified atom stereocenters. The maximum atomic E-state index is 14.4. The van der Waals surface area contributed by atoms with Crippen LogP contribution in [0.15, 0.2) is 182 Å². The first-order chi connectivity index (χ1) is 48.9. The Labute approximate surface area is 586 Å². The summed E-state index contributed by atoms with van der Waals surface area (Å²) in [7, 11) is 0. The first-order valence-electron chi connectivity index (χ1n) is 33.7. The average Bonchev–Trinajstić information content (AvgIpc) is 0.763. The maximum Gasteiger partial charge on any atom is 0.303 e. The number of rotatable bonds is 32. The van der Waals surface area contributed by atoms with Gasteiger partial charge in [0.25, 0.3) is 0 Å². The third kappa shape index (κ3) is 21.8. The fourth-order valence-electron chi connectivity index (χ4n) is 12.5. The zero-order chi connectivity index (χ0) is 71.2. The Morgan fingerprint density at radius 3 is 1.18 bits per heavy atom. The Morgan fingerprint density at radius 2 is 0.723 bits per heavy atom. The van der Waals surface area contributed by atoms with Gasteiger partial charge in [-0.25, -0.2) is 0 Å². The quantitative estimate of drug-likeness (QED) is 0.0281. The smallest absolute Gasteiger partial charge is 0.303 e. The molecule has 4 fully saturated rings. The number of carbonyl (C=O) groups is 5. The third-order valence-electron chi connectivity index (χ3n) is 17.1. The first-order valence-corrected chi connectivity index (χ1v) is 33.7. The van der Waals surface area contributed by atoms with E-state index in [9.17, 15) is 34.2 Å². The summed E-state index contributed by atoms with van der Waals surface area (Å²) in [5, 5.41) is 27.7. The van der Waals surface area contributed by atoms with Gasteiger partial charge in [-0.15, -0.1) is 0 Å². The third-order valence-corrected chi connectivity index (χ3v) is 17.1. The topological polar surface area (TPSA) is 295 Å². The van der Waals surface area contributed by atoms with Crippen LogP contribution in [-0.4, -0.2) is 183 Å². The number of aliphatic hydroxyl groups excluding tert-OH is 2. The fraction of sp³-hybridized carbons (Fsp3) is 0.461. The summed E-state index contributed by atoms with van der Waals surface area (Å²) in [6.45, 7) is 6.38. The molecule has 0 spiro atoms. The molecule has 0 saturated carbocycles. The molecular weight excluding hydrogens is 1310 g/mol. The second-order valence-corrected chi connectivity index (χ2v) is 25.0. The van der Waals surface area contributed by atoms with Gasteiger partial charge in [-0.2, -0.15) is 0 Å². The van der Waals surface area contributed by atoms with Crippen LogP contribution in [0.1, 0.15) is 74.9 Å². The van der Waals surface area contributed by atoms with Gasteiger partial charge in [-0.05, 0) is 40.3 Å². The van der Waals surface area contributed by atoms with E-state index in [0.717, 1.165) is 48.6 Å². The largest absolute Gasteiger partial charge is 0.463 e. The van der Waals surface area contributed by atoms with Crippen molar-refractivity contribution in [1.29, 1.82) is 0 Å². The van der Waals surface area contributed by atoms with Gasteiger partial charge in [-0.1, -0.05) is 182 Å². The van der Waals surface area contributed by atoms with E-state index in [0.29, 0.717) is 5.56 Å². The molecule has 25 nitrogen and oxygen atoms in total. The van der Waals surface area contributed by atoms with Crippen molar-refractivity contribution in [1.82, 2.24) is 5.32 Å². The minimum Gasteiger partial charge on any atom is -0.463 e. The zero-order valence-electron chi connectivity index (χ0n) is 57.1. The lowest BCUT2D eigenvalue weighted by molar-refractivity contribution is -0.390. The SMILES string of the molecule is CC(=O)N[C@H]1[C@H](O[C@@H]2[C@@H](OCc3ccccc3)[C@@H](O)O[C@H](COCc3ccccc3)[C@@H]2OC(C)=O)O[C@H](COCc2ccccc2)[C@@H](O[C@@H]2O[C@H](COC(C)=O)[C@H](OC(C)=O)[C@H](O)[C@H]2OC(C)=O)[C@@H]1O[C@@H]1O[C@@H](C)[C@@H](OCc2ccccc2)[C@@H](OCc2ccccc2)[C@@H]1OCc1ccccc1. The highest BCUT2D eigenvalue weighted by atomic mass is 16.8. The van der Waals surface area contributed by atoms with Gasteiger partial charge < -0.3 is 96.1 Å². The van der Waals surface area contributed by atoms with Crippen LogP contribution in [0.4, 0.5) is 0 Å². The predicted octanol–water partition coefficient (Wildman–Crippen LogP) is 7.05. The van der Waals surface area contributed by atoms with E-state index in [4.69, 9.17) is 80.5 Å². The van der Waals surface area contributed by atoms with Gasteiger partial charge in [0.15, 0.2) is 43.5 Å². The second kappa shape index (κ2) is 37.8. The van der Waals surface area contributed by atoms with Crippen molar-refractivity contribution in [3.63, 3.8) is 0 Å². The highest BCUT2D eigenvalue weighted by Gasteiger charge is 2.59. The molecule has 101 heavy (non-hydrogen) atoms. The van der Waals surface area contributed by atoms with Crippen LogP contribution in [0, 0.1) is 0 Å². The van der Waals surface area contributed by atoms with E-state index in [2.05, 4.69) is 5.32 Å². The standard InChI is InChI=1S/C76H89NO24/c1-46-63(88-39-54-29-17-9-18-30-54)69(89-40-55-31-19-10-20-32-55)72(91-42-57-35-23-12-24-36-57)76(92-46)100-67-61(77-47(2)78)74(101-70-66(94-50(5)81)58(43-85-37-52-25-13-7-14-26-52)96-73(84)71(70)90-41-56-33-21-11-22-34-56)97-59(44-86-38-53-27-15-8-16-28-53)65(67)99-75-68(95-51(6)82)62(83)64(93-49(4)80)60(98-75)45-87-48(3)79/h7-36,46,58-76,83-84H,37-45H2,1-6H3,(H,77,78)/t46-,58+,59+,60+,61+,62-,63+,64-,65+,66-,67+,68+,69+,70-,71+,72-,73-,74-,75-,76-/m0/s1. The molecule has 20 atom stereocenters. The van der Waals surface area contributed by atoms with Crippen molar-refractivity contribution in [2.75, 3.05) is 19.8 Å². The normalized spacial score (nSPS) is 29.5. The Bertz CT molecular complexity index is 3490. The lowest BCUT2D eigenvalue weighted by Crippen LogP contribution is -2.71. The molecule has 6 aromatic rings. The molecule has 10 rings (SSSR count). The van der Waals surface area contributed by atoms with Gasteiger partial charge in [0.1, 0.15) is 79.8 Å². The second-order valence-electron chi connectivity index (χ2n) is 25.0. The number of amides is 1. The molecule has 3 N–H and O–H groups in total. The minimum atomic E-state index is -1.93. The summed E-state index contributed by atoms with van der Waals surface area (Å²) in [6.07, 6.45) is -28.4. The molecular formula is C76H89NO24. The predicted molar refractivity (Wildman–Crippen MR) is 356 cm³/mol. The van der Waals surface area contributed by atoms with E-state index in [1.54, 1.807) is 6.92 Å². The minimum absolute atomic E-state index is 0.0208. The van der Waals surface area contributed by atoms with Gasteiger partial charge >= 0.3 is 23.9 Å². The molecule has 542 valence electrons. The lowest BCUT2D eigenvalue weighted by Gasteiger charge is -2.52. The molecule has 25 heteroatoms. The number of benzene rings is 6. The summed E-state index contributed by atoms with van der Waals surface area (Å²) in [6, 6.07) is 54.4. The summed E-state index contributed by atoms with van der Waals surface area (Å²) < 4.78 is 112. The lowest BCUT2D eigenvalue weighted by atomic mass is 9.93. The Hall–Kier alpha value is -7.93. The highest BCUT2D eigenvalue weighted by Crippen LogP contribution is 2.40. The van der Waals surface area contributed by atoms with E-state index < -0.39 is 166 Å². The monoisotopic (exact) mass is 1400 g/mol. The summed E-state index contributed by atoms with van der Waals surface area (Å²) in [4.78, 5) is 66.5. The van der Waals surface area contributed by atoms with Crippen LogP contribution in [0.2, 0.25) is 0 Å². The zero-order valence-corrected chi connectivity index (χ0v) is 57.1. The maximum absolute atomic E-state index is 14.4. The molecule has 6 aromatic carbocycles. The molecule has 1 amide bonds. The Kier molecular flexibility index (Phi) is 28.4. The number of hydrogen-bond donors (Lipinski definition) is 3. The summed E-state index contributed by atoms with van der Waals surface area (Å²) in [5.41, 5.74) is 4.67. The molecule has 0 aromatic heterocycles. The van der Waals surface area contributed by atoms with Crippen molar-refractivity contribution in [3.05, 3.63) is 215 Å². The van der Waals surface area contributed by atoms with Gasteiger partial charge in [0.2, 0.25) is 5.91 Å². The summed E-state index contributed by atoms with van der Waals surface area (Å²) >= 11 is 0. The van der Waals surface area contributed by atoms with Crippen LogP contribution < -0.4 is 5.32 Å². The van der Waals surface area contributed by atoms with E-state index in [1.807, 2.05) is 182 Å². The average molecular weight is 1400 g/mol. The van der Waals surface area contributed by atoms with Crippen molar-refractivity contribution in [2.24, 2.45) is 0 Å². The van der Waals surface area contributed by atoms with E-state index >= 15 is 0 Å². The summed E-state index contributed by atoms with van der Waals surface area (Å²) in [5.74, 6) is -3.99. The number of ether oxygens (including phenoxy) is 17.